The molecule has 0 saturated carbocycles. The second-order valence-electron chi connectivity index (χ2n) is 1.68. The number of thioether (sulfide) groups is 1. The van der Waals surface area contributed by atoms with Gasteiger partial charge in [-0.05, 0) is 17.9 Å². The van der Waals surface area contributed by atoms with Gasteiger partial charge in [0.25, 0.3) is 0 Å². The van der Waals surface area contributed by atoms with Crippen LogP contribution in [0.5, 0.6) is 0 Å². The van der Waals surface area contributed by atoms with Gasteiger partial charge in [0.05, 0.1) is 0 Å². The number of nitrogens with two attached hydrogens (primary N) is 1. The Kier molecular flexibility index (Phi) is 20.2. The maximum atomic E-state index is 5.10. The maximum Gasteiger partial charge on any atom is 0.0392 e. The Labute approximate surface area is 86.0 Å². The number of hydrogen-bond acceptors (Lipinski definition) is 3. The monoisotopic (exact) mass is 200 g/mol. The fraction of sp³-hybridized carbons (Fsp3) is 0.500. The van der Waals surface area contributed by atoms with Gasteiger partial charge in [-0.15, -0.1) is 11.8 Å². The molecule has 1 heterocycles. The van der Waals surface area contributed by atoms with E-state index in [1.54, 1.807) is 24.2 Å². The van der Waals surface area contributed by atoms with Crippen molar-refractivity contribution in [2.45, 2.75) is 20.8 Å². The zero-order valence-corrected chi connectivity index (χ0v) is 9.55. The van der Waals surface area contributed by atoms with Gasteiger partial charge in [-0.25, -0.2) is 0 Å². The minimum Gasteiger partial charge on any atom is -0.322 e. The third kappa shape index (κ3) is 18.4. The molecule has 13 heavy (non-hydrogen) atoms. The van der Waals surface area contributed by atoms with Crippen molar-refractivity contribution in [2.75, 3.05) is 11.6 Å². The Bertz CT molecular complexity index is 116. The SMILES string of the molecule is CC.CCSCN.c1ccncc1. The first kappa shape index (κ1) is 15.0. The smallest absolute Gasteiger partial charge is 0.0392 e. The highest BCUT2D eigenvalue weighted by molar-refractivity contribution is 7.99. The Morgan fingerprint density at radius 3 is 1.77 bits per heavy atom. The lowest BCUT2D eigenvalue weighted by Gasteiger charge is -1.81. The van der Waals surface area contributed by atoms with Crippen molar-refractivity contribution < 1.29 is 0 Å². The Morgan fingerprint density at radius 1 is 1.15 bits per heavy atom. The van der Waals surface area contributed by atoms with E-state index in [0.717, 1.165) is 11.6 Å². The molecule has 1 rings (SSSR count). The summed E-state index contributed by atoms with van der Waals surface area (Å²) in [4.78, 5) is 3.78. The van der Waals surface area contributed by atoms with Gasteiger partial charge in [-0.1, -0.05) is 26.8 Å². The van der Waals surface area contributed by atoms with E-state index in [0.29, 0.717) is 0 Å². The first-order valence-corrected chi connectivity index (χ1v) is 5.70. The summed E-state index contributed by atoms with van der Waals surface area (Å²) in [7, 11) is 0. The van der Waals surface area contributed by atoms with Crippen LogP contribution in [0.25, 0.3) is 0 Å². The molecule has 0 aromatic carbocycles. The second kappa shape index (κ2) is 17.5. The predicted octanol–water partition coefficient (Wildman–Crippen LogP) is 2.76. The van der Waals surface area contributed by atoms with E-state index >= 15 is 0 Å². The zero-order valence-electron chi connectivity index (χ0n) is 8.73. The summed E-state index contributed by atoms with van der Waals surface area (Å²) >= 11 is 1.74. The summed E-state index contributed by atoms with van der Waals surface area (Å²) in [6.45, 7) is 6.09. The molecule has 76 valence electrons. The van der Waals surface area contributed by atoms with Crippen LogP contribution in [0.4, 0.5) is 0 Å². The number of nitrogens with zero attached hydrogens (tertiary/aromatic N) is 1. The topological polar surface area (TPSA) is 38.9 Å². The van der Waals surface area contributed by atoms with E-state index in [1.807, 2.05) is 32.0 Å². The fourth-order valence-corrected chi connectivity index (χ4v) is 0.666. The van der Waals surface area contributed by atoms with Gasteiger partial charge in [-0.3, -0.25) is 4.98 Å². The molecule has 0 aliphatic carbocycles. The van der Waals surface area contributed by atoms with Gasteiger partial charge < -0.3 is 5.73 Å². The molecule has 1 aromatic heterocycles. The highest BCUT2D eigenvalue weighted by atomic mass is 32.2. The molecule has 2 N–H and O–H groups in total. The molecule has 1 aromatic rings. The van der Waals surface area contributed by atoms with Crippen LogP contribution in [0.1, 0.15) is 20.8 Å². The molecule has 0 unspecified atom stereocenters. The maximum absolute atomic E-state index is 5.10. The first-order valence-electron chi connectivity index (χ1n) is 4.54. The molecule has 0 bridgehead atoms. The van der Waals surface area contributed by atoms with Gasteiger partial charge in [0, 0.05) is 18.3 Å². The Morgan fingerprint density at radius 2 is 1.69 bits per heavy atom. The van der Waals surface area contributed by atoms with Crippen molar-refractivity contribution in [3.63, 3.8) is 0 Å². The number of rotatable bonds is 2. The molecule has 0 aliphatic rings. The van der Waals surface area contributed by atoms with Crippen molar-refractivity contribution in [3.8, 4) is 0 Å². The highest BCUT2D eigenvalue weighted by Gasteiger charge is 1.67. The lowest BCUT2D eigenvalue weighted by molar-refractivity contribution is 1.33. The molecule has 0 saturated heterocycles. The number of hydrogen-bond donors (Lipinski definition) is 1. The Balaban J connectivity index is 0. The average molecular weight is 200 g/mol. The quantitative estimate of drug-likeness (QED) is 0.746. The van der Waals surface area contributed by atoms with Gasteiger partial charge in [0.1, 0.15) is 0 Å². The highest BCUT2D eigenvalue weighted by Crippen LogP contribution is 1.89. The summed E-state index contributed by atoms with van der Waals surface area (Å²) in [5, 5.41) is 0. The van der Waals surface area contributed by atoms with E-state index < -0.39 is 0 Å². The van der Waals surface area contributed by atoms with Crippen LogP contribution in [0.3, 0.4) is 0 Å². The molecule has 0 amide bonds. The van der Waals surface area contributed by atoms with Crippen LogP contribution in [0.2, 0.25) is 0 Å². The summed E-state index contributed by atoms with van der Waals surface area (Å²) in [5.74, 6) is 1.90. The lowest BCUT2D eigenvalue weighted by atomic mass is 10.5. The summed E-state index contributed by atoms with van der Waals surface area (Å²) in [5.41, 5.74) is 5.10. The summed E-state index contributed by atoms with van der Waals surface area (Å²) in [6, 6.07) is 5.72. The fourth-order valence-electron chi connectivity index (χ4n) is 0.430. The van der Waals surface area contributed by atoms with Crippen molar-refractivity contribution in [1.29, 1.82) is 0 Å². The van der Waals surface area contributed by atoms with Gasteiger partial charge >= 0.3 is 0 Å². The van der Waals surface area contributed by atoms with E-state index in [1.165, 1.54) is 0 Å². The van der Waals surface area contributed by atoms with Crippen molar-refractivity contribution in [2.24, 2.45) is 5.73 Å². The molecular weight excluding hydrogens is 180 g/mol. The van der Waals surface area contributed by atoms with Crippen LogP contribution in [0, 0.1) is 0 Å². The van der Waals surface area contributed by atoms with E-state index in [2.05, 4.69) is 11.9 Å². The zero-order chi connectivity index (χ0) is 10.4. The van der Waals surface area contributed by atoms with Crippen molar-refractivity contribution in [3.05, 3.63) is 30.6 Å². The van der Waals surface area contributed by atoms with Crippen LogP contribution < -0.4 is 5.73 Å². The molecule has 0 spiro atoms. The minimum atomic E-state index is 0.760. The van der Waals surface area contributed by atoms with Crippen molar-refractivity contribution >= 4 is 11.8 Å². The van der Waals surface area contributed by atoms with Crippen molar-refractivity contribution in [1.82, 2.24) is 4.98 Å². The molecule has 3 heteroatoms. The van der Waals surface area contributed by atoms with E-state index in [4.69, 9.17) is 5.73 Å². The normalized spacial score (nSPS) is 7.38. The number of aromatic nitrogens is 1. The molecule has 0 aliphatic heterocycles. The average Bonchev–Trinajstić information content (AvgIpc) is 2.25. The van der Waals surface area contributed by atoms with Gasteiger partial charge in [0.2, 0.25) is 0 Å². The molecule has 0 fully saturated rings. The summed E-state index contributed by atoms with van der Waals surface area (Å²) in [6.07, 6.45) is 3.50. The molecule has 0 atom stereocenters. The molecule has 0 radical (unpaired) electrons. The van der Waals surface area contributed by atoms with Crippen LogP contribution in [0.15, 0.2) is 30.6 Å². The van der Waals surface area contributed by atoms with Crippen LogP contribution in [-0.2, 0) is 0 Å². The predicted molar refractivity (Wildman–Crippen MR) is 62.8 cm³/mol. The van der Waals surface area contributed by atoms with Gasteiger partial charge in [0.15, 0.2) is 0 Å². The summed E-state index contributed by atoms with van der Waals surface area (Å²) < 4.78 is 0. The third-order valence-corrected chi connectivity index (χ3v) is 1.53. The lowest BCUT2D eigenvalue weighted by Crippen LogP contribution is -1.91. The van der Waals surface area contributed by atoms with E-state index in [9.17, 15) is 0 Å². The second-order valence-corrected chi connectivity index (χ2v) is 3.00. The van der Waals surface area contributed by atoms with Crippen LogP contribution >= 0.6 is 11.8 Å². The molecule has 2 nitrogen and oxygen atoms in total. The van der Waals surface area contributed by atoms with Crippen LogP contribution in [-0.4, -0.2) is 16.6 Å². The third-order valence-electron chi connectivity index (χ3n) is 0.888. The first-order chi connectivity index (χ1) is 6.41. The Hall–Kier alpha value is -0.540. The van der Waals surface area contributed by atoms with Gasteiger partial charge in [-0.2, -0.15) is 0 Å². The standard InChI is InChI=1S/C5H5N.C3H9NS.C2H6/c1-2-4-6-5-3-1;1-2-5-3-4;1-2/h1-5H;2-4H2,1H3;1-2H3. The minimum absolute atomic E-state index is 0.760. The van der Waals surface area contributed by atoms with E-state index in [-0.39, 0.29) is 0 Å². The number of pyridine rings is 1. The largest absolute Gasteiger partial charge is 0.322 e. The molecular formula is C10H20N2S.